The molecule has 3 nitrogen and oxygen atoms in total. The lowest BCUT2D eigenvalue weighted by atomic mass is 9.94. The van der Waals surface area contributed by atoms with E-state index >= 15 is 0 Å². The van der Waals surface area contributed by atoms with Gasteiger partial charge in [-0.05, 0) is 31.0 Å². The summed E-state index contributed by atoms with van der Waals surface area (Å²) in [4.78, 5) is 10.1. The maximum atomic E-state index is 13.3. The van der Waals surface area contributed by atoms with Crippen LogP contribution in [0.2, 0.25) is 0 Å². The summed E-state index contributed by atoms with van der Waals surface area (Å²) in [6.07, 6.45) is 6.21. The lowest BCUT2D eigenvalue weighted by Crippen LogP contribution is -2.39. The second-order valence-corrected chi connectivity index (χ2v) is 5.77. The van der Waals surface area contributed by atoms with Crippen LogP contribution in [0.15, 0.2) is 18.2 Å². The van der Waals surface area contributed by atoms with Crippen LogP contribution in [-0.4, -0.2) is 28.4 Å². The summed E-state index contributed by atoms with van der Waals surface area (Å²) >= 11 is 5.95. The zero-order valence-electron chi connectivity index (χ0n) is 11.4. The van der Waals surface area contributed by atoms with Gasteiger partial charge < -0.3 is 9.88 Å². The molecule has 108 valence electrons. The number of halogens is 2. The average Bonchev–Trinajstić information content (AvgIpc) is 2.88. The fourth-order valence-corrected chi connectivity index (χ4v) is 3.23. The summed E-state index contributed by atoms with van der Waals surface area (Å²) in [5, 5.41) is 0. The molecule has 1 aliphatic carbocycles. The van der Waals surface area contributed by atoms with Gasteiger partial charge in [0.2, 0.25) is 5.95 Å². The predicted octanol–water partition coefficient (Wildman–Crippen LogP) is 4.08. The molecule has 1 aliphatic rings. The molecule has 1 N–H and O–H groups in total. The summed E-state index contributed by atoms with van der Waals surface area (Å²) in [6, 6.07) is 5.14. The Hall–Kier alpha value is -1.29. The Morgan fingerprint density at radius 2 is 2.10 bits per heavy atom. The molecular weight excluding hydrogens is 277 g/mol. The van der Waals surface area contributed by atoms with Crippen molar-refractivity contribution in [1.82, 2.24) is 9.97 Å². The number of hydrogen-bond acceptors (Lipinski definition) is 2. The SMILES string of the molecule is Fc1ccc2nc(N(CCCl)C3CCCCC3)[nH]c2c1. The van der Waals surface area contributed by atoms with Crippen LogP contribution in [0.1, 0.15) is 32.1 Å². The number of H-pyrrole nitrogens is 1. The highest BCUT2D eigenvalue weighted by Gasteiger charge is 2.23. The van der Waals surface area contributed by atoms with Crippen LogP contribution in [-0.2, 0) is 0 Å². The molecule has 1 heterocycles. The number of anilines is 1. The van der Waals surface area contributed by atoms with E-state index in [2.05, 4.69) is 14.9 Å². The fourth-order valence-electron chi connectivity index (χ4n) is 3.05. The van der Waals surface area contributed by atoms with Gasteiger partial charge in [0.1, 0.15) is 5.82 Å². The average molecular weight is 296 g/mol. The minimum atomic E-state index is -0.241. The van der Waals surface area contributed by atoms with Crippen LogP contribution in [0.25, 0.3) is 11.0 Å². The molecule has 1 aromatic heterocycles. The molecule has 20 heavy (non-hydrogen) atoms. The molecule has 1 aromatic carbocycles. The van der Waals surface area contributed by atoms with E-state index in [0.717, 1.165) is 23.5 Å². The second-order valence-electron chi connectivity index (χ2n) is 5.40. The van der Waals surface area contributed by atoms with Gasteiger partial charge in [-0.25, -0.2) is 9.37 Å². The number of imidazole rings is 1. The zero-order chi connectivity index (χ0) is 13.9. The van der Waals surface area contributed by atoms with E-state index in [1.165, 1.54) is 44.2 Å². The van der Waals surface area contributed by atoms with Gasteiger partial charge in [-0.15, -0.1) is 11.6 Å². The van der Waals surface area contributed by atoms with Crippen LogP contribution in [0.5, 0.6) is 0 Å². The molecule has 0 atom stereocenters. The highest BCUT2D eigenvalue weighted by Crippen LogP contribution is 2.27. The van der Waals surface area contributed by atoms with Gasteiger partial charge in [0, 0.05) is 18.5 Å². The molecule has 0 bridgehead atoms. The monoisotopic (exact) mass is 295 g/mol. The van der Waals surface area contributed by atoms with E-state index in [4.69, 9.17) is 11.6 Å². The minimum absolute atomic E-state index is 0.241. The summed E-state index contributed by atoms with van der Waals surface area (Å²) in [7, 11) is 0. The molecule has 1 fully saturated rings. The normalized spacial score (nSPS) is 16.7. The molecule has 5 heteroatoms. The fraction of sp³-hybridized carbons (Fsp3) is 0.533. The van der Waals surface area contributed by atoms with E-state index < -0.39 is 0 Å². The first-order valence-electron chi connectivity index (χ1n) is 7.26. The van der Waals surface area contributed by atoms with Crippen molar-refractivity contribution in [2.24, 2.45) is 0 Å². The molecule has 0 radical (unpaired) electrons. The van der Waals surface area contributed by atoms with Gasteiger partial charge in [-0.1, -0.05) is 19.3 Å². The van der Waals surface area contributed by atoms with Crippen LogP contribution >= 0.6 is 11.6 Å². The first-order chi connectivity index (χ1) is 9.78. The van der Waals surface area contributed by atoms with Crippen LogP contribution in [0.3, 0.4) is 0 Å². The molecule has 0 saturated heterocycles. The predicted molar refractivity (Wildman–Crippen MR) is 81.0 cm³/mol. The second kappa shape index (κ2) is 6.00. The maximum absolute atomic E-state index is 13.3. The summed E-state index contributed by atoms with van der Waals surface area (Å²) in [6.45, 7) is 0.772. The third kappa shape index (κ3) is 2.75. The van der Waals surface area contributed by atoms with E-state index in [-0.39, 0.29) is 5.82 Å². The van der Waals surface area contributed by atoms with Crippen molar-refractivity contribution < 1.29 is 4.39 Å². The molecule has 0 aliphatic heterocycles. The molecule has 0 unspecified atom stereocenters. The molecule has 1 saturated carbocycles. The van der Waals surface area contributed by atoms with Crippen LogP contribution < -0.4 is 4.90 Å². The van der Waals surface area contributed by atoms with Crippen molar-refractivity contribution in [3.63, 3.8) is 0 Å². The Kier molecular flexibility index (Phi) is 4.10. The summed E-state index contributed by atoms with van der Waals surface area (Å²) in [5.41, 5.74) is 1.55. The summed E-state index contributed by atoms with van der Waals surface area (Å²) in [5.74, 6) is 1.15. The number of aromatic nitrogens is 2. The number of rotatable bonds is 4. The van der Waals surface area contributed by atoms with Gasteiger partial charge in [0.05, 0.1) is 11.0 Å². The van der Waals surface area contributed by atoms with Crippen LogP contribution in [0.4, 0.5) is 10.3 Å². The quantitative estimate of drug-likeness (QED) is 0.862. The third-order valence-corrected chi connectivity index (χ3v) is 4.21. The van der Waals surface area contributed by atoms with Crippen molar-refractivity contribution in [3.8, 4) is 0 Å². The number of benzene rings is 1. The molecule has 0 amide bonds. The van der Waals surface area contributed by atoms with Crippen molar-refractivity contribution in [2.75, 3.05) is 17.3 Å². The number of nitrogens with zero attached hydrogens (tertiary/aromatic N) is 2. The van der Waals surface area contributed by atoms with Gasteiger partial charge in [0.25, 0.3) is 0 Å². The van der Waals surface area contributed by atoms with Gasteiger partial charge in [-0.2, -0.15) is 0 Å². The number of alkyl halides is 1. The highest BCUT2D eigenvalue weighted by molar-refractivity contribution is 6.18. The van der Waals surface area contributed by atoms with Gasteiger partial charge in [-0.3, -0.25) is 0 Å². The molecule has 0 spiro atoms. The van der Waals surface area contributed by atoms with Crippen molar-refractivity contribution in [1.29, 1.82) is 0 Å². The van der Waals surface area contributed by atoms with Crippen molar-refractivity contribution in [2.45, 2.75) is 38.1 Å². The topological polar surface area (TPSA) is 31.9 Å². The number of hydrogen-bond donors (Lipinski definition) is 1. The summed E-state index contributed by atoms with van der Waals surface area (Å²) < 4.78 is 13.3. The number of nitrogens with one attached hydrogen (secondary N) is 1. The van der Waals surface area contributed by atoms with Crippen LogP contribution in [0, 0.1) is 5.82 Å². The Labute approximate surface area is 123 Å². The van der Waals surface area contributed by atoms with E-state index in [9.17, 15) is 4.39 Å². The lowest BCUT2D eigenvalue weighted by Gasteiger charge is -2.33. The van der Waals surface area contributed by atoms with E-state index in [0.29, 0.717) is 11.9 Å². The standard InChI is InChI=1S/C15H19ClFN3/c16-8-9-20(12-4-2-1-3-5-12)15-18-13-7-6-11(17)10-14(13)19-15/h6-7,10,12H,1-5,8-9H2,(H,18,19). The molecule has 3 rings (SSSR count). The van der Waals surface area contributed by atoms with Crippen molar-refractivity contribution in [3.05, 3.63) is 24.0 Å². The molecular formula is C15H19ClFN3. The van der Waals surface area contributed by atoms with Crippen molar-refractivity contribution >= 4 is 28.6 Å². The minimum Gasteiger partial charge on any atom is -0.338 e. The largest absolute Gasteiger partial charge is 0.338 e. The number of fused-ring (bicyclic) bond motifs is 1. The van der Waals surface area contributed by atoms with Gasteiger partial charge >= 0.3 is 0 Å². The van der Waals surface area contributed by atoms with E-state index in [1.807, 2.05) is 0 Å². The van der Waals surface area contributed by atoms with Gasteiger partial charge in [0.15, 0.2) is 0 Å². The lowest BCUT2D eigenvalue weighted by molar-refractivity contribution is 0.415. The van der Waals surface area contributed by atoms with E-state index in [1.54, 1.807) is 6.07 Å². The maximum Gasteiger partial charge on any atom is 0.204 e. The Bertz CT molecular complexity index is 578. The Balaban J connectivity index is 1.91. The third-order valence-electron chi connectivity index (χ3n) is 4.04. The Morgan fingerprint density at radius 1 is 1.30 bits per heavy atom. The molecule has 2 aromatic rings. The smallest absolute Gasteiger partial charge is 0.204 e. The first-order valence-corrected chi connectivity index (χ1v) is 7.79. The number of aromatic amines is 1. The zero-order valence-corrected chi connectivity index (χ0v) is 12.2. The highest BCUT2D eigenvalue weighted by atomic mass is 35.5. The Morgan fingerprint density at radius 3 is 2.85 bits per heavy atom. The first kappa shape index (κ1) is 13.7.